The van der Waals surface area contributed by atoms with Crippen LogP contribution in [0.4, 0.5) is 0 Å². The van der Waals surface area contributed by atoms with Gasteiger partial charge in [0.2, 0.25) is 0 Å². The van der Waals surface area contributed by atoms with Crippen molar-refractivity contribution in [3.8, 4) is 5.75 Å². The number of aliphatic carboxylic acids is 1. The largest absolute Gasteiger partial charge is 0.508 e. The molecule has 1 aromatic rings. The Bertz CT molecular complexity index is 485. The van der Waals surface area contributed by atoms with Crippen LogP contribution in [0.2, 0.25) is 0 Å². The van der Waals surface area contributed by atoms with Gasteiger partial charge in [0, 0.05) is 12.6 Å². The van der Waals surface area contributed by atoms with Gasteiger partial charge in [-0.15, -0.1) is 0 Å². The minimum Gasteiger partial charge on any atom is -0.508 e. The summed E-state index contributed by atoms with van der Waals surface area (Å²) in [6, 6.07) is 7.49. The predicted molar refractivity (Wildman–Crippen MR) is 82.3 cm³/mol. The average molecular weight is 291 g/mol. The Morgan fingerprint density at radius 1 is 1.33 bits per heavy atom. The van der Waals surface area contributed by atoms with Crippen molar-refractivity contribution in [2.45, 2.75) is 45.6 Å². The van der Waals surface area contributed by atoms with E-state index in [0.29, 0.717) is 13.0 Å². The molecule has 1 aromatic carbocycles. The second-order valence-electron chi connectivity index (χ2n) is 6.03. The normalized spacial score (nSPS) is 24.7. The van der Waals surface area contributed by atoms with Gasteiger partial charge in [0.1, 0.15) is 5.75 Å². The molecule has 116 valence electrons. The van der Waals surface area contributed by atoms with E-state index >= 15 is 0 Å². The molecule has 0 amide bonds. The average Bonchev–Trinajstić information content (AvgIpc) is 2.50. The molecule has 2 atom stereocenters. The molecule has 1 saturated heterocycles. The topological polar surface area (TPSA) is 60.8 Å². The van der Waals surface area contributed by atoms with Crippen molar-refractivity contribution in [3.05, 3.63) is 29.8 Å². The summed E-state index contributed by atoms with van der Waals surface area (Å²) in [5, 5.41) is 19.0. The SMILES string of the molecule is CCC(c1ccc(O)cc1)N1CCCC(CC)(C(=O)O)C1. The van der Waals surface area contributed by atoms with Crippen LogP contribution in [-0.4, -0.2) is 34.2 Å². The number of likely N-dealkylation sites (tertiary alicyclic amines) is 1. The second-order valence-corrected chi connectivity index (χ2v) is 6.03. The fourth-order valence-corrected chi connectivity index (χ4v) is 3.45. The van der Waals surface area contributed by atoms with E-state index in [1.165, 1.54) is 0 Å². The van der Waals surface area contributed by atoms with E-state index in [1.54, 1.807) is 12.1 Å². The van der Waals surface area contributed by atoms with Gasteiger partial charge >= 0.3 is 5.97 Å². The van der Waals surface area contributed by atoms with Crippen molar-refractivity contribution in [3.63, 3.8) is 0 Å². The van der Waals surface area contributed by atoms with E-state index in [-0.39, 0.29) is 11.8 Å². The molecule has 21 heavy (non-hydrogen) atoms. The van der Waals surface area contributed by atoms with Crippen molar-refractivity contribution in [1.29, 1.82) is 0 Å². The van der Waals surface area contributed by atoms with E-state index in [4.69, 9.17) is 0 Å². The van der Waals surface area contributed by atoms with Crippen LogP contribution in [0.15, 0.2) is 24.3 Å². The van der Waals surface area contributed by atoms with E-state index in [2.05, 4.69) is 11.8 Å². The Kier molecular flexibility index (Phi) is 4.88. The molecular formula is C17H25NO3. The number of carboxylic acid groups (broad SMARTS) is 1. The number of hydrogen-bond acceptors (Lipinski definition) is 3. The van der Waals surface area contributed by atoms with Gasteiger partial charge in [0.15, 0.2) is 0 Å². The zero-order valence-corrected chi connectivity index (χ0v) is 12.9. The molecule has 0 spiro atoms. The highest BCUT2D eigenvalue weighted by Crippen LogP contribution is 2.38. The Morgan fingerprint density at radius 3 is 2.52 bits per heavy atom. The maximum Gasteiger partial charge on any atom is 0.310 e. The summed E-state index contributed by atoms with van der Waals surface area (Å²) in [7, 11) is 0. The molecule has 0 aliphatic carbocycles. The lowest BCUT2D eigenvalue weighted by Crippen LogP contribution is -2.48. The first kappa shape index (κ1) is 15.8. The van der Waals surface area contributed by atoms with Crippen molar-refractivity contribution >= 4 is 5.97 Å². The van der Waals surface area contributed by atoms with Crippen molar-refractivity contribution in [2.75, 3.05) is 13.1 Å². The standard InChI is InChI=1S/C17H25NO3/c1-3-15(13-6-8-14(19)9-7-13)18-11-5-10-17(4-2,12-18)16(20)21/h6-9,15,19H,3-5,10-12H2,1-2H3,(H,20,21). The number of phenols is 1. The third-order valence-electron chi connectivity index (χ3n) is 4.84. The fraction of sp³-hybridized carbons (Fsp3) is 0.588. The summed E-state index contributed by atoms with van der Waals surface area (Å²) >= 11 is 0. The second kappa shape index (κ2) is 6.48. The van der Waals surface area contributed by atoms with Crippen LogP contribution in [0.1, 0.15) is 51.1 Å². The zero-order chi connectivity index (χ0) is 15.5. The minimum absolute atomic E-state index is 0.219. The molecule has 1 aliphatic rings. The Balaban J connectivity index is 2.22. The van der Waals surface area contributed by atoms with E-state index in [0.717, 1.165) is 31.4 Å². The summed E-state index contributed by atoms with van der Waals surface area (Å²) in [4.78, 5) is 14.0. The third-order valence-corrected chi connectivity index (χ3v) is 4.84. The summed E-state index contributed by atoms with van der Waals surface area (Å²) in [6.45, 7) is 5.65. The monoisotopic (exact) mass is 291 g/mol. The van der Waals surface area contributed by atoms with Crippen LogP contribution < -0.4 is 0 Å². The molecule has 1 fully saturated rings. The van der Waals surface area contributed by atoms with Gasteiger partial charge in [0.05, 0.1) is 5.41 Å². The van der Waals surface area contributed by atoms with Gasteiger partial charge < -0.3 is 10.2 Å². The molecule has 0 saturated carbocycles. The third kappa shape index (κ3) is 3.21. The highest BCUT2D eigenvalue weighted by atomic mass is 16.4. The van der Waals surface area contributed by atoms with Crippen LogP contribution in [0.5, 0.6) is 5.75 Å². The smallest absolute Gasteiger partial charge is 0.310 e. The van der Waals surface area contributed by atoms with Gasteiger partial charge in [-0.25, -0.2) is 0 Å². The summed E-state index contributed by atoms with van der Waals surface area (Å²) < 4.78 is 0. The lowest BCUT2D eigenvalue weighted by atomic mass is 9.77. The van der Waals surface area contributed by atoms with Crippen LogP contribution in [0.3, 0.4) is 0 Å². The molecule has 4 nitrogen and oxygen atoms in total. The van der Waals surface area contributed by atoms with E-state index < -0.39 is 11.4 Å². The van der Waals surface area contributed by atoms with Crippen LogP contribution in [-0.2, 0) is 4.79 Å². The number of benzene rings is 1. The van der Waals surface area contributed by atoms with E-state index in [9.17, 15) is 15.0 Å². The number of phenolic OH excluding ortho intramolecular Hbond substituents is 1. The van der Waals surface area contributed by atoms with Gasteiger partial charge in [-0.1, -0.05) is 26.0 Å². The molecule has 1 aliphatic heterocycles. The predicted octanol–water partition coefficient (Wildman–Crippen LogP) is 3.42. The highest BCUT2D eigenvalue weighted by molar-refractivity contribution is 5.75. The van der Waals surface area contributed by atoms with Crippen LogP contribution in [0.25, 0.3) is 0 Å². The quantitative estimate of drug-likeness (QED) is 0.872. The molecule has 0 aromatic heterocycles. The maximum atomic E-state index is 11.7. The Labute approximate surface area is 126 Å². The summed E-state index contributed by atoms with van der Waals surface area (Å²) in [5.41, 5.74) is 0.537. The van der Waals surface area contributed by atoms with Gasteiger partial charge in [-0.05, 0) is 49.9 Å². The molecule has 2 N–H and O–H groups in total. The number of piperidine rings is 1. The number of rotatable bonds is 5. The van der Waals surface area contributed by atoms with Gasteiger partial charge in [-0.3, -0.25) is 9.69 Å². The van der Waals surface area contributed by atoms with Crippen molar-refractivity contribution in [2.24, 2.45) is 5.41 Å². The summed E-state index contributed by atoms with van der Waals surface area (Å²) in [5.74, 6) is -0.407. The fourth-order valence-electron chi connectivity index (χ4n) is 3.45. The number of carboxylic acids is 1. The van der Waals surface area contributed by atoms with E-state index in [1.807, 2.05) is 19.1 Å². The molecule has 0 bridgehead atoms. The molecule has 4 heteroatoms. The number of nitrogens with zero attached hydrogens (tertiary/aromatic N) is 1. The highest BCUT2D eigenvalue weighted by Gasteiger charge is 2.42. The molecule has 2 rings (SSSR count). The lowest BCUT2D eigenvalue weighted by Gasteiger charge is -2.43. The molecular weight excluding hydrogens is 266 g/mol. The van der Waals surface area contributed by atoms with Crippen LogP contribution >= 0.6 is 0 Å². The lowest BCUT2D eigenvalue weighted by molar-refractivity contribution is -0.153. The first-order valence-electron chi connectivity index (χ1n) is 7.79. The number of hydrogen-bond donors (Lipinski definition) is 2. The number of aromatic hydroxyl groups is 1. The van der Waals surface area contributed by atoms with Gasteiger partial charge in [-0.2, -0.15) is 0 Å². The zero-order valence-electron chi connectivity index (χ0n) is 12.9. The first-order valence-corrected chi connectivity index (χ1v) is 7.79. The summed E-state index contributed by atoms with van der Waals surface area (Å²) in [6.07, 6.45) is 3.30. The van der Waals surface area contributed by atoms with Crippen molar-refractivity contribution in [1.82, 2.24) is 4.90 Å². The van der Waals surface area contributed by atoms with Crippen LogP contribution in [0, 0.1) is 5.41 Å². The number of carbonyl (C=O) groups is 1. The molecule has 1 heterocycles. The minimum atomic E-state index is -0.671. The molecule has 2 unspecified atom stereocenters. The molecule has 0 radical (unpaired) electrons. The Hall–Kier alpha value is -1.55. The first-order chi connectivity index (χ1) is 10.0. The van der Waals surface area contributed by atoms with Crippen molar-refractivity contribution < 1.29 is 15.0 Å². The van der Waals surface area contributed by atoms with Gasteiger partial charge in [0.25, 0.3) is 0 Å². The Morgan fingerprint density at radius 2 is 2.00 bits per heavy atom. The maximum absolute atomic E-state index is 11.7.